The smallest absolute Gasteiger partial charge is 0.128 e. The van der Waals surface area contributed by atoms with Gasteiger partial charge in [0.1, 0.15) is 17.6 Å². The number of ether oxygens (including phenoxy) is 1. The number of hydrogen-bond acceptors (Lipinski definition) is 6. The Bertz CT molecular complexity index is 270. The molecule has 0 saturated carbocycles. The van der Waals surface area contributed by atoms with Crippen LogP contribution in [0.15, 0.2) is 4.99 Å². The topological polar surface area (TPSA) is 82.3 Å². The van der Waals surface area contributed by atoms with Gasteiger partial charge in [0.05, 0.1) is 24.3 Å². The van der Waals surface area contributed by atoms with Crippen molar-refractivity contribution in [2.75, 3.05) is 13.2 Å². The van der Waals surface area contributed by atoms with E-state index >= 15 is 0 Å². The number of aliphatic imine (C=N–C) groups is 1. The van der Waals surface area contributed by atoms with Crippen LogP contribution in [-0.2, 0) is 4.74 Å². The predicted octanol–water partition coefficient (Wildman–Crippen LogP) is 0.233. The zero-order valence-electron chi connectivity index (χ0n) is 10.4. The van der Waals surface area contributed by atoms with E-state index in [1.54, 1.807) is 0 Å². The third-order valence-electron chi connectivity index (χ3n) is 2.52. The molecule has 0 aromatic carbocycles. The molecule has 1 heterocycles. The van der Waals surface area contributed by atoms with Crippen molar-refractivity contribution in [2.24, 2.45) is 10.9 Å². The van der Waals surface area contributed by atoms with Gasteiger partial charge in [-0.2, -0.15) is 0 Å². The van der Waals surface area contributed by atoms with Crippen LogP contribution in [0, 0.1) is 5.92 Å². The number of aliphatic hydroxyl groups excluding tert-OH is 3. The Morgan fingerprint density at radius 3 is 2.47 bits per heavy atom. The molecule has 0 amide bonds. The van der Waals surface area contributed by atoms with Crippen molar-refractivity contribution in [3.8, 4) is 0 Å². The Morgan fingerprint density at radius 2 is 2.06 bits per heavy atom. The molecule has 17 heavy (non-hydrogen) atoms. The maximum atomic E-state index is 9.64. The molecule has 1 rings (SSSR count). The molecule has 0 aromatic rings. The third kappa shape index (κ3) is 4.22. The lowest BCUT2D eigenvalue weighted by molar-refractivity contribution is -0.107. The normalized spacial score (nSPS) is 25.8. The van der Waals surface area contributed by atoms with E-state index in [9.17, 15) is 10.2 Å². The second kappa shape index (κ2) is 6.70. The highest BCUT2D eigenvalue weighted by Crippen LogP contribution is 2.27. The molecule has 5 nitrogen and oxygen atoms in total. The highest BCUT2D eigenvalue weighted by atomic mass is 32.2. The number of aliphatic hydroxyl groups is 3. The number of rotatable bonds is 6. The summed E-state index contributed by atoms with van der Waals surface area (Å²) in [6.07, 6.45) is -2.78. The van der Waals surface area contributed by atoms with Gasteiger partial charge in [-0.05, 0) is 6.92 Å². The first-order chi connectivity index (χ1) is 7.95. The monoisotopic (exact) mass is 263 g/mol. The van der Waals surface area contributed by atoms with Gasteiger partial charge in [-0.3, -0.25) is 4.99 Å². The maximum absolute atomic E-state index is 9.64. The van der Waals surface area contributed by atoms with Crippen LogP contribution >= 0.6 is 11.8 Å². The van der Waals surface area contributed by atoms with Gasteiger partial charge in [0.2, 0.25) is 0 Å². The standard InChI is InChI=1S/C11H21NO4S/c1-6(2)11-12-4-9(17-11)16-8(5-13)10(15)7(3)14/h6-10,13-15H,4-5H2,1-3H3/t7-,8-,9?,10+/m1/s1. The van der Waals surface area contributed by atoms with Crippen LogP contribution in [0.2, 0.25) is 0 Å². The van der Waals surface area contributed by atoms with Crippen LogP contribution < -0.4 is 0 Å². The summed E-state index contributed by atoms with van der Waals surface area (Å²) >= 11 is 1.52. The van der Waals surface area contributed by atoms with E-state index in [0.29, 0.717) is 12.5 Å². The number of hydrogen-bond donors (Lipinski definition) is 3. The number of nitrogens with zero attached hydrogens (tertiary/aromatic N) is 1. The van der Waals surface area contributed by atoms with Gasteiger partial charge in [-0.25, -0.2) is 0 Å². The maximum Gasteiger partial charge on any atom is 0.128 e. The van der Waals surface area contributed by atoms with Gasteiger partial charge in [0, 0.05) is 5.92 Å². The van der Waals surface area contributed by atoms with Crippen LogP contribution in [0.5, 0.6) is 0 Å². The Morgan fingerprint density at radius 1 is 1.41 bits per heavy atom. The summed E-state index contributed by atoms with van der Waals surface area (Å²) in [5.74, 6) is 0.364. The van der Waals surface area contributed by atoms with Crippen LogP contribution in [0.25, 0.3) is 0 Å². The van der Waals surface area contributed by atoms with Gasteiger partial charge in [-0.1, -0.05) is 25.6 Å². The summed E-state index contributed by atoms with van der Waals surface area (Å²) in [4.78, 5) is 4.34. The zero-order chi connectivity index (χ0) is 13.0. The second-order valence-corrected chi connectivity index (χ2v) is 5.65. The Balaban J connectivity index is 2.44. The van der Waals surface area contributed by atoms with Crippen molar-refractivity contribution >= 4 is 16.8 Å². The summed E-state index contributed by atoms with van der Waals surface area (Å²) in [5, 5.41) is 29.1. The summed E-state index contributed by atoms with van der Waals surface area (Å²) < 4.78 is 5.55. The Hall–Kier alpha value is -0.140. The van der Waals surface area contributed by atoms with Crippen molar-refractivity contribution in [2.45, 2.75) is 44.5 Å². The molecule has 1 unspecified atom stereocenters. The first-order valence-electron chi connectivity index (χ1n) is 5.79. The zero-order valence-corrected chi connectivity index (χ0v) is 11.2. The molecule has 0 bridgehead atoms. The molecule has 0 radical (unpaired) electrons. The fourth-order valence-electron chi connectivity index (χ4n) is 1.50. The first-order valence-corrected chi connectivity index (χ1v) is 6.67. The molecule has 0 aliphatic carbocycles. The van der Waals surface area contributed by atoms with Crippen LogP contribution in [0.3, 0.4) is 0 Å². The molecule has 6 heteroatoms. The minimum absolute atomic E-state index is 0.182. The van der Waals surface area contributed by atoms with Crippen LogP contribution in [0.1, 0.15) is 20.8 Å². The lowest BCUT2D eigenvalue weighted by atomic mass is 10.1. The molecule has 1 aliphatic heterocycles. The van der Waals surface area contributed by atoms with Gasteiger partial charge < -0.3 is 20.1 Å². The number of thioether (sulfide) groups is 1. The van der Waals surface area contributed by atoms with E-state index < -0.39 is 18.3 Å². The van der Waals surface area contributed by atoms with Crippen LogP contribution in [0.4, 0.5) is 0 Å². The molecule has 0 aromatic heterocycles. The lowest BCUT2D eigenvalue weighted by Gasteiger charge is -2.25. The van der Waals surface area contributed by atoms with E-state index in [0.717, 1.165) is 5.04 Å². The van der Waals surface area contributed by atoms with Crippen molar-refractivity contribution in [1.29, 1.82) is 0 Å². The van der Waals surface area contributed by atoms with Crippen molar-refractivity contribution in [3.05, 3.63) is 0 Å². The van der Waals surface area contributed by atoms with E-state index in [1.807, 2.05) is 0 Å². The molecule has 4 atom stereocenters. The van der Waals surface area contributed by atoms with Crippen LogP contribution in [-0.4, -0.2) is 57.3 Å². The predicted molar refractivity (Wildman–Crippen MR) is 68.2 cm³/mol. The summed E-state index contributed by atoms with van der Waals surface area (Å²) in [7, 11) is 0. The summed E-state index contributed by atoms with van der Waals surface area (Å²) in [5.41, 5.74) is -0.182. The van der Waals surface area contributed by atoms with E-state index in [1.165, 1.54) is 18.7 Å². The molecule has 0 saturated heterocycles. The highest BCUT2D eigenvalue weighted by molar-refractivity contribution is 8.14. The molecule has 1 aliphatic rings. The largest absolute Gasteiger partial charge is 0.394 e. The molecule has 3 N–H and O–H groups in total. The summed E-state index contributed by atoms with van der Waals surface area (Å²) in [6, 6.07) is 0. The molecular weight excluding hydrogens is 242 g/mol. The van der Waals surface area contributed by atoms with Crippen molar-refractivity contribution in [1.82, 2.24) is 0 Å². The molecule has 0 spiro atoms. The fraction of sp³-hybridized carbons (Fsp3) is 0.909. The first kappa shape index (κ1) is 14.9. The Labute approximate surface area is 106 Å². The Kier molecular flexibility index (Phi) is 5.88. The SMILES string of the molecule is CC(C)C1=NCC(O[C@H](CO)[C@@H](O)[C@@H](C)O)S1. The van der Waals surface area contributed by atoms with E-state index in [4.69, 9.17) is 9.84 Å². The molecule has 0 fully saturated rings. The second-order valence-electron chi connectivity index (χ2n) is 4.47. The van der Waals surface area contributed by atoms with Gasteiger partial charge in [0.25, 0.3) is 0 Å². The van der Waals surface area contributed by atoms with E-state index in [2.05, 4.69) is 18.8 Å². The average molecular weight is 263 g/mol. The van der Waals surface area contributed by atoms with Crippen molar-refractivity contribution in [3.63, 3.8) is 0 Å². The fourth-order valence-corrected chi connectivity index (χ4v) is 2.54. The van der Waals surface area contributed by atoms with Gasteiger partial charge in [-0.15, -0.1) is 0 Å². The molecule has 100 valence electrons. The molecular formula is C11H21NO4S. The third-order valence-corrected chi connectivity index (χ3v) is 3.89. The average Bonchev–Trinajstić information content (AvgIpc) is 2.73. The van der Waals surface area contributed by atoms with Gasteiger partial charge >= 0.3 is 0 Å². The highest BCUT2D eigenvalue weighted by Gasteiger charge is 2.30. The minimum Gasteiger partial charge on any atom is -0.394 e. The minimum atomic E-state index is -1.08. The van der Waals surface area contributed by atoms with Crippen molar-refractivity contribution < 1.29 is 20.1 Å². The van der Waals surface area contributed by atoms with E-state index in [-0.39, 0.29) is 12.0 Å². The summed E-state index contributed by atoms with van der Waals surface area (Å²) in [6.45, 7) is 5.79. The quantitative estimate of drug-likeness (QED) is 0.639. The lowest BCUT2D eigenvalue weighted by Crippen LogP contribution is -2.41. The van der Waals surface area contributed by atoms with Gasteiger partial charge in [0.15, 0.2) is 0 Å².